The van der Waals surface area contributed by atoms with E-state index in [1.165, 1.54) is 6.08 Å². The first-order valence-corrected chi connectivity index (χ1v) is 6.52. The fourth-order valence-electron chi connectivity index (χ4n) is 2.30. The van der Waals surface area contributed by atoms with Crippen molar-refractivity contribution in [1.29, 1.82) is 0 Å². The maximum Gasteiger partial charge on any atom is 0.303 e. The van der Waals surface area contributed by atoms with Gasteiger partial charge in [-0.1, -0.05) is 12.1 Å². The molecule has 0 aliphatic carbocycles. The normalized spacial score (nSPS) is 18.6. The summed E-state index contributed by atoms with van der Waals surface area (Å²) in [4.78, 5) is 24.3. The average Bonchev–Trinajstić information content (AvgIpc) is 2.85. The van der Waals surface area contributed by atoms with Crippen LogP contribution in [0.4, 0.5) is 0 Å². The van der Waals surface area contributed by atoms with Crippen LogP contribution in [0.1, 0.15) is 18.4 Å². The first-order chi connectivity index (χ1) is 9.54. The monoisotopic (exact) mass is 275 g/mol. The summed E-state index contributed by atoms with van der Waals surface area (Å²) in [5.41, 5.74) is 0.831. The number of hydrogen-bond donors (Lipinski definition) is 2. The largest absolute Gasteiger partial charge is 0.508 e. The third kappa shape index (κ3) is 3.85. The molecule has 20 heavy (non-hydrogen) atoms. The number of carbonyl (C=O) groups excluding carboxylic acids is 1. The molecule has 2 N–H and O–H groups in total. The highest BCUT2D eigenvalue weighted by molar-refractivity contribution is 5.92. The molecule has 5 heteroatoms. The number of carbonyl (C=O) groups is 2. The second-order valence-corrected chi connectivity index (χ2v) is 4.96. The molecule has 1 unspecified atom stereocenters. The molecular formula is C15H17NO4. The van der Waals surface area contributed by atoms with Gasteiger partial charge < -0.3 is 15.1 Å². The van der Waals surface area contributed by atoms with E-state index in [-0.39, 0.29) is 24.0 Å². The number of rotatable bonds is 4. The number of phenolic OH excluding ortho intramolecular Hbond substituents is 1. The van der Waals surface area contributed by atoms with E-state index in [0.717, 1.165) is 12.0 Å². The zero-order valence-electron chi connectivity index (χ0n) is 11.0. The van der Waals surface area contributed by atoms with E-state index in [2.05, 4.69) is 0 Å². The van der Waals surface area contributed by atoms with Crippen LogP contribution < -0.4 is 0 Å². The zero-order valence-corrected chi connectivity index (χ0v) is 11.0. The Kier molecular flexibility index (Phi) is 4.40. The van der Waals surface area contributed by atoms with Gasteiger partial charge in [0.2, 0.25) is 5.91 Å². The summed E-state index contributed by atoms with van der Waals surface area (Å²) in [6.07, 6.45) is 4.03. The minimum absolute atomic E-state index is 0.0542. The van der Waals surface area contributed by atoms with Crippen molar-refractivity contribution in [3.63, 3.8) is 0 Å². The minimum atomic E-state index is -0.816. The van der Waals surface area contributed by atoms with E-state index < -0.39 is 5.97 Å². The van der Waals surface area contributed by atoms with E-state index in [1.807, 2.05) is 0 Å². The van der Waals surface area contributed by atoms with Crippen molar-refractivity contribution in [2.45, 2.75) is 12.8 Å². The number of nitrogens with zero attached hydrogens (tertiary/aromatic N) is 1. The molecule has 1 aliphatic rings. The molecule has 0 saturated carbocycles. The standard InChI is InChI=1S/C15H17NO4/c17-13-4-1-11(2-5-13)3-6-14(18)16-8-7-12(10-16)9-15(19)20/h1-6,12,17H,7-10H2,(H,19,20). The van der Waals surface area contributed by atoms with E-state index in [9.17, 15) is 9.59 Å². The summed E-state index contributed by atoms with van der Waals surface area (Å²) in [5.74, 6) is -0.682. The highest BCUT2D eigenvalue weighted by Gasteiger charge is 2.26. The third-order valence-corrected chi connectivity index (χ3v) is 3.37. The van der Waals surface area contributed by atoms with Gasteiger partial charge in [-0.3, -0.25) is 9.59 Å². The van der Waals surface area contributed by atoms with Gasteiger partial charge in [0.1, 0.15) is 5.75 Å². The summed E-state index contributed by atoms with van der Waals surface area (Å²) >= 11 is 0. The molecule has 0 radical (unpaired) electrons. The Labute approximate surface area is 117 Å². The van der Waals surface area contributed by atoms with Gasteiger partial charge in [-0.25, -0.2) is 0 Å². The fourth-order valence-corrected chi connectivity index (χ4v) is 2.30. The predicted molar refractivity (Wildman–Crippen MR) is 74.1 cm³/mol. The lowest BCUT2D eigenvalue weighted by Crippen LogP contribution is -2.27. The molecule has 1 amide bonds. The Morgan fingerprint density at radius 1 is 1.30 bits per heavy atom. The van der Waals surface area contributed by atoms with E-state index >= 15 is 0 Å². The number of amides is 1. The van der Waals surface area contributed by atoms with Crippen molar-refractivity contribution < 1.29 is 19.8 Å². The highest BCUT2D eigenvalue weighted by atomic mass is 16.4. The lowest BCUT2D eigenvalue weighted by Gasteiger charge is -2.13. The van der Waals surface area contributed by atoms with E-state index in [0.29, 0.717) is 13.1 Å². The molecule has 1 aromatic carbocycles. The second-order valence-electron chi connectivity index (χ2n) is 4.96. The molecule has 1 aromatic rings. The number of aromatic hydroxyl groups is 1. The molecular weight excluding hydrogens is 258 g/mol. The summed E-state index contributed by atoms with van der Waals surface area (Å²) in [5, 5.41) is 17.9. The van der Waals surface area contributed by atoms with Gasteiger partial charge in [0.15, 0.2) is 0 Å². The molecule has 106 valence electrons. The van der Waals surface area contributed by atoms with E-state index in [1.54, 1.807) is 35.2 Å². The first kappa shape index (κ1) is 14.1. The zero-order chi connectivity index (χ0) is 14.5. The maximum absolute atomic E-state index is 12.0. The van der Waals surface area contributed by atoms with Crippen molar-refractivity contribution in [2.24, 2.45) is 5.92 Å². The number of aliphatic carboxylic acids is 1. The highest BCUT2D eigenvalue weighted by Crippen LogP contribution is 2.20. The van der Waals surface area contributed by atoms with Crippen LogP contribution in [0.3, 0.4) is 0 Å². The van der Waals surface area contributed by atoms with Gasteiger partial charge in [0.25, 0.3) is 0 Å². The summed E-state index contributed by atoms with van der Waals surface area (Å²) in [7, 11) is 0. The predicted octanol–water partition coefficient (Wildman–Crippen LogP) is 1.73. The number of benzene rings is 1. The van der Waals surface area contributed by atoms with Gasteiger partial charge in [-0.05, 0) is 36.1 Å². The molecule has 1 heterocycles. The van der Waals surface area contributed by atoms with Gasteiger partial charge in [-0.15, -0.1) is 0 Å². The molecule has 0 aromatic heterocycles. The molecule has 1 fully saturated rings. The summed E-state index contributed by atoms with van der Waals surface area (Å²) in [6.45, 7) is 1.11. The van der Waals surface area contributed by atoms with Crippen LogP contribution >= 0.6 is 0 Å². The molecule has 1 aliphatic heterocycles. The minimum Gasteiger partial charge on any atom is -0.508 e. The van der Waals surface area contributed by atoms with Crippen molar-refractivity contribution in [3.05, 3.63) is 35.9 Å². The lowest BCUT2D eigenvalue weighted by atomic mass is 10.1. The number of hydrogen-bond acceptors (Lipinski definition) is 3. The number of phenols is 1. The summed E-state index contributed by atoms with van der Waals surface area (Å²) in [6, 6.07) is 6.55. The Bertz CT molecular complexity index is 521. The molecule has 5 nitrogen and oxygen atoms in total. The van der Waals surface area contributed by atoms with Crippen LogP contribution in [0.25, 0.3) is 6.08 Å². The average molecular weight is 275 g/mol. The van der Waals surface area contributed by atoms with Gasteiger partial charge in [0.05, 0.1) is 0 Å². The van der Waals surface area contributed by atoms with Crippen LogP contribution in [0.5, 0.6) is 5.75 Å². The van der Waals surface area contributed by atoms with E-state index in [4.69, 9.17) is 10.2 Å². The van der Waals surface area contributed by atoms with Crippen LogP contribution in [-0.4, -0.2) is 40.1 Å². The molecule has 1 atom stereocenters. The van der Waals surface area contributed by atoms with Gasteiger partial charge in [-0.2, -0.15) is 0 Å². The second kappa shape index (κ2) is 6.23. The number of carboxylic acids is 1. The van der Waals surface area contributed by atoms with Crippen molar-refractivity contribution in [1.82, 2.24) is 4.90 Å². The topological polar surface area (TPSA) is 77.8 Å². The SMILES string of the molecule is O=C(O)CC1CCN(C(=O)C=Cc2ccc(O)cc2)C1. The molecule has 2 rings (SSSR count). The van der Waals surface area contributed by atoms with Crippen LogP contribution in [0, 0.1) is 5.92 Å². The van der Waals surface area contributed by atoms with Crippen LogP contribution in [0.2, 0.25) is 0 Å². The van der Waals surface area contributed by atoms with Crippen LogP contribution in [0.15, 0.2) is 30.3 Å². The van der Waals surface area contributed by atoms with Crippen molar-refractivity contribution >= 4 is 18.0 Å². The first-order valence-electron chi connectivity index (χ1n) is 6.52. The van der Waals surface area contributed by atoms with Gasteiger partial charge in [0, 0.05) is 25.6 Å². The Morgan fingerprint density at radius 2 is 2.00 bits per heavy atom. The molecule has 1 saturated heterocycles. The number of carboxylic acid groups (broad SMARTS) is 1. The Balaban J connectivity index is 1.89. The van der Waals surface area contributed by atoms with Crippen molar-refractivity contribution in [3.8, 4) is 5.75 Å². The quantitative estimate of drug-likeness (QED) is 0.820. The molecule has 0 spiro atoms. The van der Waals surface area contributed by atoms with Crippen molar-refractivity contribution in [2.75, 3.05) is 13.1 Å². The van der Waals surface area contributed by atoms with Gasteiger partial charge >= 0.3 is 5.97 Å². The lowest BCUT2D eigenvalue weighted by molar-refractivity contribution is -0.138. The van der Waals surface area contributed by atoms with Crippen LogP contribution in [-0.2, 0) is 9.59 Å². The number of likely N-dealkylation sites (tertiary alicyclic amines) is 1. The Morgan fingerprint density at radius 3 is 2.65 bits per heavy atom. The molecule has 0 bridgehead atoms. The Hall–Kier alpha value is -2.30. The third-order valence-electron chi connectivity index (χ3n) is 3.37. The fraction of sp³-hybridized carbons (Fsp3) is 0.333. The maximum atomic E-state index is 12.0. The smallest absolute Gasteiger partial charge is 0.303 e. The summed E-state index contributed by atoms with van der Waals surface area (Å²) < 4.78 is 0.